The largest absolute Gasteiger partial charge is 0.344 e. The molecule has 1 heterocycles. The Labute approximate surface area is 55.5 Å². The van der Waals surface area contributed by atoms with E-state index in [9.17, 15) is 0 Å². The Balaban J connectivity index is 2.54. The van der Waals surface area contributed by atoms with Gasteiger partial charge in [0, 0.05) is 0 Å². The lowest BCUT2D eigenvalue weighted by Gasteiger charge is -2.16. The Morgan fingerprint density at radius 2 is 2.56 bits per heavy atom. The summed E-state index contributed by atoms with van der Waals surface area (Å²) < 4.78 is 10.3. The molecule has 1 aliphatic rings. The first-order valence-electron chi connectivity index (χ1n) is 2.87. The van der Waals surface area contributed by atoms with E-state index >= 15 is 0 Å². The van der Waals surface area contributed by atoms with Gasteiger partial charge in [0.15, 0.2) is 5.79 Å². The molecule has 0 aromatic rings. The van der Waals surface area contributed by atoms with Crippen LogP contribution in [-0.2, 0) is 9.47 Å². The topological polar surface area (TPSA) is 18.5 Å². The molecule has 2 radical (unpaired) electrons. The molecule has 0 aromatic heterocycles. The highest BCUT2D eigenvalue weighted by atomic mass is 16.7. The van der Waals surface area contributed by atoms with Crippen LogP contribution in [0.15, 0.2) is 12.7 Å². The van der Waals surface area contributed by atoms with Crippen LogP contribution in [0.1, 0.15) is 6.92 Å². The monoisotopic (exact) mass is 126 g/mol. The number of rotatable bonds is 1. The standard InChI is InChI=1S/C7H10O2/c1-4-7(3)8-5-6(2)9-7/h2,4,6H,1,5H2,3H3. The average Bonchev–Trinajstić information content (AvgIpc) is 2.13. The van der Waals surface area contributed by atoms with Gasteiger partial charge in [-0.3, -0.25) is 0 Å². The van der Waals surface area contributed by atoms with E-state index in [1.54, 1.807) is 13.0 Å². The van der Waals surface area contributed by atoms with Crippen molar-refractivity contribution in [3.63, 3.8) is 0 Å². The second-order valence-electron chi connectivity index (χ2n) is 2.19. The van der Waals surface area contributed by atoms with Crippen LogP contribution < -0.4 is 0 Å². The van der Waals surface area contributed by atoms with Crippen LogP contribution in [0.4, 0.5) is 0 Å². The van der Waals surface area contributed by atoms with Crippen LogP contribution in [0, 0.1) is 6.92 Å². The first-order valence-corrected chi connectivity index (χ1v) is 2.87. The van der Waals surface area contributed by atoms with Crippen molar-refractivity contribution in [2.45, 2.75) is 18.8 Å². The van der Waals surface area contributed by atoms with E-state index in [4.69, 9.17) is 16.4 Å². The van der Waals surface area contributed by atoms with Crippen molar-refractivity contribution < 1.29 is 9.47 Å². The smallest absolute Gasteiger partial charge is 0.185 e. The Hall–Kier alpha value is -0.340. The van der Waals surface area contributed by atoms with Crippen molar-refractivity contribution in [1.29, 1.82) is 0 Å². The lowest BCUT2D eigenvalue weighted by atomic mass is 10.3. The van der Waals surface area contributed by atoms with Crippen LogP contribution in [0.5, 0.6) is 0 Å². The van der Waals surface area contributed by atoms with Gasteiger partial charge in [0.25, 0.3) is 0 Å². The SMILES string of the molecule is [CH]C1COC(C)(C=C)O1. The predicted molar refractivity (Wildman–Crippen MR) is 33.7 cm³/mol. The lowest BCUT2D eigenvalue weighted by molar-refractivity contribution is -0.108. The third-order valence-electron chi connectivity index (χ3n) is 1.29. The van der Waals surface area contributed by atoms with E-state index in [1.807, 2.05) is 0 Å². The van der Waals surface area contributed by atoms with Gasteiger partial charge >= 0.3 is 0 Å². The fourth-order valence-corrected chi connectivity index (χ4v) is 0.723. The molecule has 2 atom stereocenters. The van der Waals surface area contributed by atoms with E-state index in [1.165, 1.54) is 0 Å². The molecule has 2 nitrogen and oxygen atoms in total. The van der Waals surface area contributed by atoms with Crippen LogP contribution in [-0.4, -0.2) is 18.5 Å². The first-order chi connectivity index (χ1) is 4.16. The lowest BCUT2D eigenvalue weighted by Crippen LogP contribution is -2.22. The summed E-state index contributed by atoms with van der Waals surface area (Å²) in [5.41, 5.74) is 0. The molecule has 9 heavy (non-hydrogen) atoms. The van der Waals surface area contributed by atoms with Gasteiger partial charge < -0.3 is 9.47 Å². The highest BCUT2D eigenvalue weighted by Gasteiger charge is 2.31. The van der Waals surface area contributed by atoms with Crippen LogP contribution in [0.3, 0.4) is 0 Å². The first kappa shape index (κ1) is 6.78. The second kappa shape index (κ2) is 2.12. The average molecular weight is 126 g/mol. The van der Waals surface area contributed by atoms with Gasteiger partial charge in [0.05, 0.1) is 12.7 Å². The van der Waals surface area contributed by atoms with E-state index in [0.717, 1.165) is 0 Å². The molecule has 0 aromatic carbocycles. The Morgan fingerprint density at radius 3 is 2.78 bits per heavy atom. The van der Waals surface area contributed by atoms with Gasteiger partial charge in [-0.1, -0.05) is 6.58 Å². The minimum absolute atomic E-state index is 0.298. The Morgan fingerprint density at radius 1 is 1.89 bits per heavy atom. The van der Waals surface area contributed by atoms with Crippen molar-refractivity contribution in [3.05, 3.63) is 19.6 Å². The van der Waals surface area contributed by atoms with Gasteiger partial charge in [0.1, 0.15) is 0 Å². The number of ether oxygens (including phenoxy) is 2. The van der Waals surface area contributed by atoms with Crippen molar-refractivity contribution in [2.75, 3.05) is 6.61 Å². The summed E-state index contributed by atoms with van der Waals surface area (Å²) in [7, 11) is 0. The van der Waals surface area contributed by atoms with E-state index < -0.39 is 5.79 Å². The predicted octanol–water partition coefficient (Wildman–Crippen LogP) is 1.02. The zero-order chi connectivity index (χ0) is 6.91. The maximum Gasteiger partial charge on any atom is 0.185 e. The summed E-state index contributed by atoms with van der Waals surface area (Å²) in [5.74, 6) is -0.653. The van der Waals surface area contributed by atoms with Gasteiger partial charge in [-0.15, -0.1) is 0 Å². The van der Waals surface area contributed by atoms with Gasteiger partial charge in [0.2, 0.25) is 0 Å². The summed E-state index contributed by atoms with van der Waals surface area (Å²) in [6.07, 6.45) is 1.30. The maximum atomic E-state index is 5.39. The minimum Gasteiger partial charge on any atom is -0.344 e. The Kier molecular flexibility index (Phi) is 1.60. The highest BCUT2D eigenvalue weighted by Crippen LogP contribution is 2.22. The zero-order valence-electron chi connectivity index (χ0n) is 5.46. The fourth-order valence-electron chi connectivity index (χ4n) is 0.723. The van der Waals surface area contributed by atoms with Crippen LogP contribution in [0.2, 0.25) is 0 Å². The van der Waals surface area contributed by atoms with Gasteiger partial charge in [-0.2, -0.15) is 0 Å². The summed E-state index contributed by atoms with van der Waals surface area (Å²) >= 11 is 0. The molecule has 0 amide bonds. The quantitative estimate of drug-likeness (QED) is 0.488. The van der Waals surface area contributed by atoms with Crippen molar-refractivity contribution >= 4 is 0 Å². The molecule has 1 rings (SSSR count). The van der Waals surface area contributed by atoms with Crippen LogP contribution in [0.25, 0.3) is 0 Å². The number of hydrogen-bond acceptors (Lipinski definition) is 2. The molecule has 2 unspecified atom stereocenters. The van der Waals surface area contributed by atoms with Crippen LogP contribution >= 0.6 is 0 Å². The van der Waals surface area contributed by atoms with Gasteiger partial charge in [-0.25, -0.2) is 0 Å². The third-order valence-corrected chi connectivity index (χ3v) is 1.29. The molecule has 0 spiro atoms. The van der Waals surface area contributed by atoms with Gasteiger partial charge in [-0.05, 0) is 19.9 Å². The molecular formula is C7H10O2. The summed E-state index contributed by atoms with van der Waals surface area (Å²) in [5, 5.41) is 0. The molecule has 0 bridgehead atoms. The van der Waals surface area contributed by atoms with E-state index in [-0.39, 0.29) is 6.10 Å². The molecule has 1 saturated heterocycles. The molecule has 2 heteroatoms. The third kappa shape index (κ3) is 1.32. The molecule has 1 aliphatic heterocycles. The summed E-state index contributed by atoms with van der Waals surface area (Å²) in [6.45, 7) is 11.2. The maximum absolute atomic E-state index is 5.39. The zero-order valence-corrected chi connectivity index (χ0v) is 5.46. The molecule has 50 valence electrons. The Bertz CT molecular complexity index is 122. The molecule has 0 aliphatic carbocycles. The molecular weight excluding hydrogens is 116 g/mol. The summed E-state index contributed by atoms with van der Waals surface area (Å²) in [4.78, 5) is 0. The van der Waals surface area contributed by atoms with Crippen molar-refractivity contribution in [3.8, 4) is 0 Å². The van der Waals surface area contributed by atoms with Crippen molar-refractivity contribution in [2.24, 2.45) is 0 Å². The second-order valence-corrected chi connectivity index (χ2v) is 2.19. The minimum atomic E-state index is -0.653. The molecule has 0 N–H and O–H groups in total. The molecule has 0 saturated carbocycles. The van der Waals surface area contributed by atoms with E-state index in [0.29, 0.717) is 6.61 Å². The van der Waals surface area contributed by atoms with E-state index in [2.05, 4.69) is 6.58 Å². The fraction of sp³-hybridized carbons (Fsp3) is 0.571. The normalized spacial score (nSPS) is 43.1. The van der Waals surface area contributed by atoms with Crippen molar-refractivity contribution in [1.82, 2.24) is 0 Å². The highest BCUT2D eigenvalue weighted by molar-refractivity contribution is 4.90. The molecule has 1 fully saturated rings. The summed E-state index contributed by atoms with van der Waals surface area (Å²) in [6, 6.07) is 0. The number of hydrogen-bond donors (Lipinski definition) is 0.